The van der Waals surface area contributed by atoms with Crippen molar-refractivity contribution in [3.8, 4) is 0 Å². The first-order chi connectivity index (χ1) is 10.3. The van der Waals surface area contributed by atoms with Crippen LogP contribution in [0.2, 0.25) is 8.94 Å². The zero-order chi connectivity index (χ0) is 15.6. The van der Waals surface area contributed by atoms with Gasteiger partial charge >= 0.3 is 146 Å². The van der Waals surface area contributed by atoms with Crippen molar-refractivity contribution < 1.29 is 9.90 Å². The molecule has 124 valence electrons. The summed E-state index contributed by atoms with van der Waals surface area (Å²) >= 11 is 2.61. The predicted molar refractivity (Wildman–Crippen MR) is 102 cm³/mol. The molecule has 0 aromatic heterocycles. The van der Waals surface area contributed by atoms with Crippen LogP contribution in [0, 0.1) is 0 Å². The molecular weight excluding hydrogens is 491 g/mol. The van der Waals surface area contributed by atoms with Gasteiger partial charge in [0.05, 0.1) is 0 Å². The van der Waals surface area contributed by atoms with Crippen molar-refractivity contribution in [3.63, 3.8) is 0 Å². The molecule has 21 heavy (non-hydrogen) atoms. The molecule has 0 bridgehead atoms. The fourth-order valence-corrected chi connectivity index (χ4v) is 5.35. The minimum absolute atomic E-state index is 0.313. The summed E-state index contributed by atoms with van der Waals surface area (Å²) in [5.74, 6) is -0.653. The Morgan fingerprint density at radius 2 is 1.38 bits per heavy atom. The molecule has 0 unspecified atom stereocenters. The molecule has 0 aliphatic carbocycles. The van der Waals surface area contributed by atoms with Gasteiger partial charge in [-0.2, -0.15) is 0 Å². The molecule has 0 radical (unpaired) electrons. The molecule has 2 nitrogen and oxygen atoms in total. The molecular formula is C17H31IO2Te. The maximum atomic E-state index is 10.3. The van der Waals surface area contributed by atoms with E-state index in [0.29, 0.717) is 27.3 Å². The normalized spacial score (nSPS) is 11.3. The van der Waals surface area contributed by atoms with Gasteiger partial charge in [-0.25, -0.2) is 0 Å². The second kappa shape index (κ2) is 18.8. The average molecular weight is 522 g/mol. The van der Waals surface area contributed by atoms with E-state index in [0.717, 1.165) is 12.8 Å². The van der Waals surface area contributed by atoms with Gasteiger partial charge in [0.25, 0.3) is 0 Å². The van der Waals surface area contributed by atoms with Gasteiger partial charge < -0.3 is 5.11 Å². The number of allylic oxidation sites excluding steroid dienone is 1. The van der Waals surface area contributed by atoms with E-state index in [-0.39, 0.29) is 0 Å². The van der Waals surface area contributed by atoms with E-state index in [1.54, 1.807) is 0 Å². The summed E-state index contributed by atoms with van der Waals surface area (Å²) in [6.45, 7) is 0. The van der Waals surface area contributed by atoms with E-state index < -0.39 is 5.97 Å². The summed E-state index contributed by atoms with van der Waals surface area (Å²) < 4.78 is 5.18. The number of hydrogen-bond acceptors (Lipinski definition) is 1. The van der Waals surface area contributed by atoms with Crippen LogP contribution < -0.4 is 0 Å². The summed E-state index contributed by atoms with van der Waals surface area (Å²) in [6.07, 6.45) is 16.8. The first kappa shape index (κ1) is 21.7. The summed E-state index contributed by atoms with van der Waals surface area (Å²) in [5, 5.41) is 8.53. The van der Waals surface area contributed by atoms with E-state index in [1.165, 1.54) is 66.7 Å². The van der Waals surface area contributed by atoms with Gasteiger partial charge in [-0.05, 0) is 0 Å². The van der Waals surface area contributed by atoms with Crippen molar-refractivity contribution in [3.05, 3.63) is 10.2 Å². The third-order valence-electron chi connectivity index (χ3n) is 3.43. The summed E-state index contributed by atoms with van der Waals surface area (Å²) in [6, 6.07) is 0. The van der Waals surface area contributed by atoms with Crippen molar-refractivity contribution in [2.75, 3.05) is 0 Å². The fourth-order valence-electron chi connectivity index (χ4n) is 2.19. The number of unbranched alkanes of at least 4 members (excludes halogenated alkanes) is 9. The summed E-state index contributed by atoms with van der Waals surface area (Å²) in [4.78, 5) is 10.3. The molecule has 0 aromatic carbocycles. The average Bonchev–Trinajstić information content (AvgIpc) is 2.46. The zero-order valence-electron chi connectivity index (χ0n) is 13.2. The van der Waals surface area contributed by atoms with Crippen molar-refractivity contribution in [2.45, 2.75) is 86.0 Å². The monoisotopic (exact) mass is 524 g/mol. The molecule has 0 amide bonds. The van der Waals surface area contributed by atoms with Crippen LogP contribution in [0.1, 0.15) is 77.0 Å². The first-order valence-electron chi connectivity index (χ1n) is 8.32. The molecule has 0 aliphatic heterocycles. The first-order valence-corrected chi connectivity index (χ1v) is 12.9. The molecule has 0 atom stereocenters. The summed E-state index contributed by atoms with van der Waals surface area (Å²) in [5.41, 5.74) is 0. The van der Waals surface area contributed by atoms with Crippen molar-refractivity contribution >= 4 is 49.5 Å². The predicted octanol–water partition coefficient (Wildman–Crippen LogP) is 6.24. The van der Waals surface area contributed by atoms with Gasteiger partial charge in [0.2, 0.25) is 0 Å². The van der Waals surface area contributed by atoms with Gasteiger partial charge in [-0.3, -0.25) is 4.79 Å². The Balaban J connectivity index is 2.98. The molecule has 0 rings (SSSR count). The molecule has 0 spiro atoms. The molecule has 1 N–H and O–H groups in total. The van der Waals surface area contributed by atoms with Gasteiger partial charge in [0.15, 0.2) is 0 Å². The van der Waals surface area contributed by atoms with E-state index in [4.69, 9.17) is 5.11 Å². The van der Waals surface area contributed by atoms with Crippen molar-refractivity contribution in [2.24, 2.45) is 0 Å². The Hall–Kier alpha value is 0.730. The molecule has 0 fully saturated rings. The number of halogens is 1. The van der Waals surface area contributed by atoms with Gasteiger partial charge in [-0.1, -0.05) is 0 Å². The SMILES string of the molecule is O=C(O)CCCCCCCCCCC[Te]CCCC=CI. The van der Waals surface area contributed by atoms with Crippen LogP contribution in [0.3, 0.4) is 0 Å². The third kappa shape index (κ3) is 20.7. The molecule has 0 aromatic rings. The van der Waals surface area contributed by atoms with Gasteiger partial charge in [-0.15, -0.1) is 0 Å². The minimum atomic E-state index is -0.653. The number of carboxylic acid groups (broad SMARTS) is 1. The third-order valence-corrected chi connectivity index (χ3v) is 7.23. The molecule has 0 saturated carbocycles. The van der Waals surface area contributed by atoms with Crippen molar-refractivity contribution in [1.29, 1.82) is 0 Å². The maximum absolute atomic E-state index is 10.3. The molecule has 4 heteroatoms. The van der Waals surface area contributed by atoms with Gasteiger partial charge in [0, 0.05) is 0 Å². The van der Waals surface area contributed by atoms with E-state index in [1.807, 2.05) is 0 Å². The van der Waals surface area contributed by atoms with Crippen LogP contribution in [0.4, 0.5) is 0 Å². The second-order valence-electron chi connectivity index (χ2n) is 5.44. The van der Waals surface area contributed by atoms with Crippen LogP contribution in [-0.2, 0) is 4.79 Å². The Kier molecular flexibility index (Phi) is 19.4. The van der Waals surface area contributed by atoms with E-state index in [9.17, 15) is 4.79 Å². The van der Waals surface area contributed by atoms with E-state index in [2.05, 4.69) is 32.7 Å². The quantitative estimate of drug-likeness (QED) is 0.148. The molecule has 0 heterocycles. The Bertz CT molecular complexity index is 257. The van der Waals surface area contributed by atoms with E-state index >= 15 is 0 Å². The Morgan fingerprint density at radius 1 is 0.857 bits per heavy atom. The second-order valence-corrected chi connectivity index (χ2v) is 9.66. The van der Waals surface area contributed by atoms with Gasteiger partial charge in [0.1, 0.15) is 0 Å². The van der Waals surface area contributed by atoms with Crippen LogP contribution in [0.15, 0.2) is 10.2 Å². The molecule has 0 saturated heterocycles. The Morgan fingerprint density at radius 3 is 1.95 bits per heavy atom. The topological polar surface area (TPSA) is 37.3 Å². The van der Waals surface area contributed by atoms with Crippen LogP contribution in [0.25, 0.3) is 0 Å². The molecule has 0 aliphatic rings. The number of aliphatic carboxylic acids is 1. The standard InChI is InChI=1S/C17H31IO2Te/c18-14-10-8-12-16-21-15-11-7-5-3-1-2-4-6-9-13-17(19)20/h10,14H,1-9,11-13,15-16H2,(H,19,20). The van der Waals surface area contributed by atoms with Crippen molar-refractivity contribution in [1.82, 2.24) is 0 Å². The Labute approximate surface area is 154 Å². The fraction of sp³-hybridized carbons (Fsp3) is 0.824. The van der Waals surface area contributed by atoms with Crippen LogP contribution >= 0.6 is 22.6 Å². The number of hydrogen-bond donors (Lipinski definition) is 1. The number of rotatable bonds is 16. The zero-order valence-corrected chi connectivity index (χ0v) is 17.7. The number of carboxylic acids is 1. The summed E-state index contributed by atoms with van der Waals surface area (Å²) in [7, 11) is 0. The number of carbonyl (C=O) groups is 1. The van der Waals surface area contributed by atoms with Crippen LogP contribution in [-0.4, -0.2) is 32.0 Å². The van der Waals surface area contributed by atoms with Crippen LogP contribution in [0.5, 0.6) is 0 Å².